The largest absolute Gasteiger partial charge is 0.317 e. The Labute approximate surface area is 110 Å². The predicted octanol–water partition coefficient (Wildman–Crippen LogP) is 2.81. The Bertz CT molecular complexity index is 347. The first-order chi connectivity index (χ1) is 8.13. The van der Waals surface area contributed by atoms with Crippen LogP contribution in [-0.2, 0) is 19.9 Å². The van der Waals surface area contributed by atoms with Crippen molar-refractivity contribution >= 4 is 11.6 Å². The smallest absolute Gasteiger partial charge is 0.0849 e. The van der Waals surface area contributed by atoms with E-state index in [2.05, 4.69) is 31.2 Å². The van der Waals surface area contributed by atoms with E-state index < -0.39 is 0 Å². The standard InChI is InChI=1S/C13H24ClN3/c1-5-10(9-15-7-3)8-12-13(14)11(6-2)16-17(12)4/h10,15H,5-9H2,1-4H3. The topological polar surface area (TPSA) is 29.9 Å². The molecule has 0 radical (unpaired) electrons. The molecule has 1 aromatic heterocycles. The van der Waals surface area contributed by atoms with Gasteiger partial charge < -0.3 is 5.32 Å². The summed E-state index contributed by atoms with van der Waals surface area (Å²) in [6, 6.07) is 0. The molecule has 0 spiro atoms. The van der Waals surface area contributed by atoms with E-state index in [1.54, 1.807) is 0 Å². The summed E-state index contributed by atoms with van der Waals surface area (Å²) in [5, 5.41) is 8.73. The van der Waals surface area contributed by atoms with Gasteiger partial charge in [-0.3, -0.25) is 4.68 Å². The average molecular weight is 258 g/mol. The van der Waals surface area contributed by atoms with Gasteiger partial charge in [0.2, 0.25) is 0 Å². The van der Waals surface area contributed by atoms with Gasteiger partial charge in [0.15, 0.2) is 0 Å². The van der Waals surface area contributed by atoms with Crippen molar-refractivity contribution in [3.05, 3.63) is 16.4 Å². The fourth-order valence-corrected chi connectivity index (χ4v) is 2.40. The van der Waals surface area contributed by atoms with E-state index in [0.717, 1.165) is 43.1 Å². The molecule has 1 N–H and O–H groups in total. The van der Waals surface area contributed by atoms with E-state index >= 15 is 0 Å². The highest BCUT2D eigenvalue weighted by Crippen LogP contribution is 2.24. The molecule has 0 amide bonds. The summed E-state index contributed by atoms with van der Waals surface area (Å²) in [5.74, 6) is 0.632. The summed E-state index contributed by atoms with van der Waals surface area (Å²) in [7, 11) is 1.99. The van der Waals surface area contributed by atoms with Gasteiger partial charge in [-0.2, -0.15) is 5.10 Å². The van der Waals surface area contributed by atoms with Crippen LogP contribution in [0.4, 0.5) is 0 Å². The first kappa shape index (κ1) is 14.5. The van der Waals surface area contributed by atoms with Crippen LogP contribution in [0.25, 0.3) is 0 Å². The zero-order valence-electron chi connectivity index (χ0n) is 11.4. The van der Waals surface area contributed by atoms with Gasteiger partial charge in [0.05, 0.1) is 16.4 Å². The number of hydrogen-bond acceptors (Lipinski definition) is 2. The minimum absolute atomic E-state index is 0.632. The molecule has 17 heavy (non-hydrogen) atoms. The highest BCUT2D eigenvalue weighted by molar-refractivity contribution is 6.31. The van der Waals surface area contributed by atoms with Crippen LogP contribution >= 0.6 is 11.6 Å². The fraction of sp³-hybridized carbons (Fsp3) is 0.769. The van der Waals surface area contributed by atoms with Gasteiger partial charge in [0.25, 0.3) is 0 Å². The summed E-state index contributed by atoms with van der Waals surface area (Å²) >= 11 is 6.36. The van der Waals surface area contributed by atoms with E-state index in [4.69, 9.17) is 11.6 Å². The molecule has 1 aromatic rings. The maximum absolute atomic E-state index is 6.36. The molecule has 1 heterocycles. The third kappa shape index (κ3) is 3.71. The van der Waals surface area contributed by atoms with Gasteiger partial charge >= 0.3 is 0 Å². The van der Waals surface area contributed by atoms with Crippen LogP contribution in [0, 0.1) is 5.92 Å². The lowest BCUT2D eigenvalue weighted by Gasteiger charge is -2.15. The molecule has 1 unspecified atom stereocenters. The summed E-state index contributed by atoms with van der Waals surface area (Å²) in [4.78, 5) is 0. The second-order valence-corrected chi connectivity index (χ2v) is 4.85. The summed E-state index contributed by atoms with van der Waals surface area (Å²) in [5.41, 5.74) is 2.19. The maximum Gasteiger partial charge on any atom is 0.0849 e. The number of rotatable bonds is 7. The van der Waals surface area contributed by atoms with E-state index in [1.807, 2.05) is 11.7 Å². The lowest BCUT2D eigenvalue weighted by molar-refractivity contribution is 0.454. The SMILES string of the molecule is CCNCC(CC)Cc1c(Cl)c(CC)nn1C. The fourth-order valence-electron chi connectivity index (χ4n) is 2.02. The van der Waals surface area contributed by atoms with Crippen molar-refractivity contribution in [3.8, 4) is 0 Å². The summed E-state index contributed by atoms with van der Waals surface area (Å²) in [6.45, 7) is 8.53. The maximum atomic E-state index is 6.36. The number of nitrogens with one attached hydrogen (secondary N) is 1. The Balaban J connectivity index is 2.75. The molecular formula is C13H24ClN3. The first-order valence-electron chi connectivity index (χ1n) is 6.54. The quantitative estimate of drug-likeness (QED) is 0.814. The lowest BCUT2D eigenvalue weighted by Crippen LogP contribution is -2.24. The Morgan fingerprint density at radius 1 is 1.35 bits per heavy atom. The van der Waals surface area contributed by atoms with Crippen LogP contribution in [0.5, 0.6) is 0 Å². The third-order valence-electron chi connectivity index (χ3n) is 3.25. The van der Waals surface area contributed by atoms with Crippen LogP contribution in [0.1, 0.15) is 38.6 Å². The minimum Gasteiger partial charge on any atom is -0.317 e. The van der Waals surface area contributed by atoms with E-state index in [9.17, 15) is 0 Å². The van der Waals surface area contributed by atoms with Gasteiger partial charge in [0.1, 0.15) is 0 Å². The van der Waals surface area contributed by atoms with Crippen molar-refractivity contribution in [1.82, 2.24) is 15.1 Å². The molecule has 0 aliphatic heterocycles. The van der Waals surface area contributed by atoms with Crippen molar-refractivity contribution in [2.45, 2.75) is 40.0 Å². The first-order valence-corrected chi connectivity index (χ1v) is 6.92. The van der Waals surface area contributed by atoms with Gasteiger partial charge in [-0.15, -0.1) is 0 Å². The molecule has 1 atom stereocenters. The molecule has 0 aromatic carbocycles. The third-order valence-corrected chi connectivity index (χ3v) is 3.68. The second kappa shape index (κ2) is 7.02. The molecule has 98 valence electrons. The molecule has 0 aliphatic carbocycles. The number of aryl methyl sites for hydroxylation is 2. The van der Waals surface area contributed by atoms with Gasteiger partial charge in [-0.25, -0.2) is 0 Å². The van der Waals surface area contributed by atoms with Crippen LogP contribution in [-0.4, -0.2) is 22.9 Å². The number of halogens is 1. The molecule has 3 nitrogen and oxygen atoms in total. The molecule has 0 fully saturated rings. The summed E-state index contributed by atoms with van der Waals surface area (Å²) in [6.07, 6.45) is 3.07. The molecule has 1 rings (SSSR count). The van der Waals surface area contributed by atoms with Gasteiger partial charge in [0, 0.05) is 7.05 Å². The average Bonchev–Trinajstić information content (AvgIpc) is 2.60. The van der Waals surface area contributed by atoms with Crippen LogP contribution in [0.3, 0.4) is 0 Å². The molecular weight excluding hydrogens is 234 g/mol. The van der Waals surface area contributed by atoms with Crippen molar-refractivity contribution in [2.75, 3.05) is 13.1 Å². The molecule has 4 heteroatoms. The van der Waals surface area contributed by atoms with Crippen LogP contribution in [0.2, 0.25) is 5.02 Å². The molecule has 0 saturated heterocycles. The van der Waals surface area contributed by atoms with Gasteiger partial charge in [-0.1, -0.05) is 38.8 Å². The predicted molar refractivity (Wildman–Crippen MR) is 73.6 cm³/mol. The van der Waals surface area contributed by atoms with Gasteiger partial charge in [-0.05, 0) is 31.8 Å². The number of hydrogen-bond donors (Lipinski definition) is 1. The van der Waals surface area contributed by atoms with Crippen molar-refractivity contribution < 1.29 is 0 Å². The van der Waals surface area contributed by atoms with E-state index in [0.29, 0.717) is 5.92 Å². The summed E-state index contributed by atoms with van der Waals surface area (Å²) < 4.78 is 1.94. The van der Waals surface area contributed by atoms with E-state index in [1.165, 1.54) is 5.69 Å². The normalized spacial score (nSPS) is 13.0. The Hall–Kier alpha value is -0.540. The van der Waals surface area contributed by atoms with E-state index in [-0.39, 0.29) is 0 Å². The molecule has 0 saturated carbocycles. The highest BCUT2D eigenvalue weighted by Gasteiger charge is 2.16. The van der Waals surface area contributed by atoms with Crippen LogP contribution in [0.15, 0.2) is 0 Å². The zero-order chi connectivity index (χ0) is 12.8. The lowest BCUT2D eigenvalue weighted by atomic mass is 10.00. The second-order valence-electron chi connectivity index (χ2n) is 4.47. The molecule has 0 aliphatic rings. The van der Waals surface area contributed by atoms with Crippen molar-refractivity contribution in [2.24, 2.45) is 13.0 Å². The minimum atomic E-state index is 0.632. The highest BCUT2D eigenvalue weighted by atomic mass is 35.5. The Morgan fingerprint density at radius 2 is 2.06 bits per heavy atom. The Kier molecular flexibility index (Phi) is 6.00. The van der Waals surface area contributed by atoms with Crippen LogP contribution < -0.4 is 5.32 Å². The monoisotopic (exact) mass is 257 g/mol. The molecule has 0 bridgehead atoms. The van der Waals surface area contributed by atoms with Crippen molar-refractivity contribution in [1.29, 1.82) is 0 Å². The zero-order valence-corrected chi connectivity index (χ0v) is 12.1. The number of aromatic nitrogens is 2. The number of nitrogens with zero attached hydrogens (tertiary/aromatic N) is 2. The Morgan fingerprint density at radius 3 is 2.53 bits per heavy atom. The van der Waals surface area contributed by atoms with Crippen molar-refractivity contribution in [3.63, 3.8) is 0 Å².